The van der Waals surface area contributed by atoms with E-state index in [2.05, 4.69) is 40.7 Å². The average Bonchev–Trinajstić information content (AvgIpc) is 3.29. The zero-order chi connectivity index (χ0) is 26.9. The second-order valence-electron chi connectivity index (χ2n) is 10.2. The van der Waals surface area contributed by atoms with Crippen LogP contribution in [0.2, 0.25) is 0 Å². The van der Waals surface area contributed by atoms with Gasteiger partial charge in [-0.3, -0.25) is 9.36 Å². The van der Waals surface area contributed by atoms with Crippen molar-refractivity contribution in [3.63, 3.8) is 0 Å². The molecular formula is C33H38N4O2. The number of H-pyrrole nitrogens is 1. The van der Waals surface area contributed by atoms with E-state index in [9.17, 15) is 4.79 Å². The van der Waals surface area contributed by atoms with E-state index in [1.807, 2.05) is 55.7 Å². The number of unbranched alkanes of at least 4 members (excludes halogenated alkanes) is 3. The Morgan fingerprint density at radius 2 is 1.82 bits per heavy atom. The Kier molecular flexibility index (Phi) is 9.07. The lowest BCUT2D eigenvalue weighted by Crippen LogP contribution is -2.18. The first-order valence-corrected chi connectivity index (χ1v) is 14.1. The molecule has 0 unspecified atom stereocenters. The van der Waals surface area contributed by atoms with E-state index < -0.39 is 0 Å². The number of aromatic amines is 1. The van der Waals surface area contributed by atoms with Gasteiger partial charge in [-0.1, -0.05) is 73.5 Å². The third-order valence-electron chi connectivity index (χ3n) is 7.14. The molecule has 0 fully saturated rings. The average molecular weight is 523 g/mol. The minimum atomic E-state index is -0.0668. The van der Waals surface area contributed by atoms with Gasteiger partial charge in [0.05, 0.1) is 18.0 Å². The lowest BCUT2D eigenvalue weighted by Gasteiger charge is -2.15. The predicted molar refractivity (Wildman–Crippen MR) is 158 cm³/mol. The Balaban J connectivity index is 1.37. The fraction of sp³-hybridized carbons (Fsp3) is 0.333. The molecular weight excluding hydrogens is 484 g/mol. The molecule has 6 heteroatoms. The van der Waals surface area contributed by atoms with E-state index in [1.165, 1.54) is 24.8 Å². The monoisotopic (exact) mass is 522 g/mol. The quantitative estimate of drug-likeness (QED) is 0.209. The van der Waals surface area contributed by atoms with Crippen molar-refractivity contribution in [1.82, 2.24) is 19.9 Å². The molecule has 0 saturated carbocycles. The van der Waals surface area contributed by atoms with Crippen molar-refractivity contribution in [2.75, 3.05) is 20.2 Å². The Labute approximate surface area is 230 Å². The van der Waals surface area contributed by atoms with Gasteiger partial charge in [0.1, 0.15) is 11.4 Å². The lowest BCUT2D eigenvalue weighted by molar-refractivity contribution is 0.304. The summed E-state index contributed by atoms with van der Waals surface area (Å²) < 4.78 is 7.73. The maximum Gasteiger partial charge on any atom is 0.278 e. The van der Waals surface area contributed by atoms with E-state index in [1.54, 1.807) is 4.57 Å². The van der Waals surface area contributed by atoms with Crippen molar-refractivity contribution >= 4 is 5.57 Å². The molecule has 39 heavy (non-hydrogen) atoms. The standard InChI is InChI=1S/C33H38N4O2/c1-34-19-10-2-3-11-20-39-28-18-12-15-26(21-28)23-30-33(38)37-24-31(27-16-8-5-9-17-27)35-29(32(37)36-30)22-25-13-6-4-7-14-25/h4,6-8,12-18,21,24,34-35H,2-3,5,9-11,19-20,22-23H2,1H3. The zero-order valence-corrected chi connectivity index (χ0v) is 22.8. The van der Waals surface area contributed by atoms with Crippen LogP contribution in [0.15, 0.2) is 83.8 Å². The van der Waals surface area contributed by atoms with Crippen LogP contribution in [0, 0.1) is 0 Å². The molecule has 0 atom stereocenters. The summed E-state index contributed by atoms with van der Waals surface area (Å²) >= 11 is 0. The summed E-state index contributed by atoms with van der Waals surface area (Å²) in [5, 5.41) is 3.19. The molecule has 0 bridgehead atoms. The first kappa shape index (κ1) is 26.7. The maximum absolute atomic E-state index is 13.6. The number of hydrogen-bond acceptors (Lipinski definition) is 4. The molecule has 2 N–H and O–H groups in total. The van der Waals surface area contributed by atoms with Crippen molar-refractivity contribution in [3.8, 4) is 11.6 Å². The molecule has 5 rings (SSSR count). The van der Waals surface area contributed by atoms with Crippen LogP contribution in [0.25, 0.3) is 11.4 Å². The summed E-state index contributed by atoms with van der Waals surface area (Å²) in [5.41, 5.74) is 5.66. The van der Waals surface area contributed by atoms with Crippen molar-refractivity contribution in [3.05, 3.63) is 118 Å². The molecule has 2 aromatic rings. The Morgan fingerprint density at radius 3 is 2.64 bits per heavy atom. The molecule has 2 heterocycles. The smallest absolute Gasteiger partial charge is 0.278 e. The minimum Gasteiger partial charge on any atom is -0.494 e. The molecule has 0 amide bonds. The van der Waals surface area contributed by atoms with E-state index in [4.69, 9.17) is 9.72 Å². The van der Waals surface area contributed by atoms with Crippen LogP contribution in [0.5, 0.6) is 5.75 Å². The van der Waals surface area contributed by atoms with Gasteiger partial charge in [-0.25, -0.2) is 4.98 Å². The molecule has 3 aliphatic rings. The number of rotatable bonds is 13. The normalized spacial score (nSPS) is 13.1. The van der Waals surface area contributed by atoms with Crippen molar-refractivity contribution in [2.45, 2.75) is 51.4 Å². The molecule has 0 aromatic heterocycles. The maximum atomic E-state index is 13.6. The van der Waals surface area contributed by atoms with Crippen LogP contribution in [-0.4, -0.2) is 34.7 Å². The second-order valence-corrected chi connectivity index (χ2v) is 10.2. The number of allylic oxidation sites excluding steroid dienone is 4. The first-order valence-electron chi connectivity index (χ1n) is 14.1. The topological polar surface area (TPSA) is 71.9 Å². The third kappa shape index (κ3) is 6.95. The Morgan fingerprint density at radius 1 is 0.974 bits per heavy atom. The fourth-order valence-corrected chi connectivity index (χ4v) is 5.06. The Bertz CT molecular complexity index is 1450. The summed E-state index contributed by atoms with van der Waals surface area (Å²) in [5.74, 6) is 1.53. The number of ether oxygens (including phenoxy) is 1. The number of aromatic nitrogens is 3. The molecule has 202 valence electrons. The van der Waals surface area contributed by atoms with E-state index >= 15 is 0 Å². The molecule has 1 aliphatic carbocycles. The van der Waals surface area contributed by atoms with Crippen LogP contribution < -0.4 is 15.6 Å². The molecule has 6 nitrogen and oxygen atoms in total. The zero-order valence-electron chi connectivity index (χ0n) is 22.8. The van der Waals surface area contributed by atoms with Gasteiger partial charge in [0.2, 0.25) is 0 Å². The third-order valence-corrected chi connectivity index (χ3v) is 7.14. The van der Waals surface area contributed by atoms with Gasteiger partial charge in [-0.2, -0.15) is 0 Å². The van der Waals surface area contributed by atoms with E-state index in [0.717, 1.165) is 54.1 Å². The van der Waals surface area contributed by atoms with Gasteiger partial charge in [-0.05, 0) is 68.1 Å². The van der Waals surface area contributed by atoms with Crippen molar-refractivity contribution in [2.24, 2.45) is 0 Å². The summed E-state index contributed by atoms with van der Waals surface area (Å²) in [6.07, 6.45) is 16.2. The summed E-state index contributed by atoms with van der Waals surface area (Å²) in [6, 6.07) is 18.3. The number of nitrogens with zero attached hydrogens (tertiary/aromatic N) is 2. The molecule has 0 spiro atoms. The van der Waals surface area contributed by atoms with Gasteiger partial charge in [0, 0.05) is 19.0 Å². The Hall–Kier alpha value is -3.90. The summed E-state index contributed by atoms with van der Waals surface area (Å²) in [4.78, 5) is 22.1. The van der Waals surface area contributed by atoms with Gasteiger partial charge in [0.15, 0.2) is 5.82 Å². The highest BCUT2D eigenvalue weighted by atomic mass is 16.5. The number of hydrogen-bond donors (Lipinski definition) is 2. The summed E-state index contributed by atoms with van der Waals surface area (Å²) in [6.45, 7) is 1.77. The van der Waals surface area contributed by atoms with Crippen LogP contribution in [0.4, 0.5) is 0 Å². The number of fused-ring (bicyclic) bond motifs is 1. The lowest BCUT2D eigenvalue weighted by atomic mass is 10.0. The van der Waals surface area contributed by atoms with Gasteiger partial charge in [-0.15, -0.1) is 0 Å². The predicted octanol–water partition coefficient (Wildman–Crippen LogP) is 6.07. The van der Waals surface area contributed by atoms with Crippen molar-refractivity contribution in [1.29, 1.82) is 0 Å². The molecule has 2 aliphatic heterocycles. The van der Waals surface area contributed by atoms with Gasteiger partial charge in [0.25, 0.3) is 5.56 Å². The van der Waals surface area contributed by atoms with Crippen LogP contribution in [-0.2, 0) is 12.8 Å². The van der Waals surface area contributed by atoms with Gasteiger partial charge < -0.3 is 15.0 Å². The highest BCUT2D eigenvalue weighted by molar-refractivity contribution is 5.72. The minimum absolute atomic E-state index is 0.0668. The number of nitrogens with one attached hydrogen (secondary N) is 2. The number of benzene rings is 2. The van der Waals surface area contributed by atoms with Crippen molar-refractivity contribution < 1.29 is 4.74 Å². The fourth-order valence-electron chi connectivity index (χ4n) is 5.06. The van der Waals surface area contributed by atoms with Crippen LogP contribution in [0.3, 0.4) is 0 Å². The molecule has 2 aromatic carbocycles. The number of imidazole rings is 1. The van der Waals surface area contributed by atoms with E-state index in [-0.39, 0.29) is 5.56 Å². The van der Waals surface area contributed by atoms with Crippen LogP contribution >= 0.6 is 0 Å². The SMILES string of the molecule is CNCCCCCCOc1cccc(Cc2nc3c(Cc4ccccc4)[nH]c(C4=CCCC=C4)cn-3c2=O)c1. The highest BCUT2D eigenvalue weighted by Gasteiger charge is 2.21. The first-order chi connectivity index (χ1) is 19.2. The van der Waals surface area contributed by atoms with E-state index in [0.29, 0.717) is 31.0 Å². The second kappa shape index (κ2) is 13.3. The molecule has 0 saturated heterocycles. The molecule has 0 radical (unpaired) electrons. The van der Waals surface area contributed by atoms with Crippen LogP contribution in [0.1, 0.15) is 66.7 Å². The largest absolute Gasteiger partial charge is 0.494 e. The highest BCUT2D eigenvalue weighted by Crippen LogP contribution is 2.25. The summed E-state index contributed by atoms with van der Waals surface area (Å²) in [7, 11) is 1.99. The van der Waals surface area contributed by atoms with Gasteiger partial charge >= 0.3 is 0 Å².